The smallest absolute Gasteiger partial charge is 0.450 e. The molecule has 5 heteroatoms. The van der Waals surface area contributed by atoms with Gasteiger partial charge in [-0.2, -0.15) is 0 Å². The second-order valence-corrected chi connectivity index (χ2v) is 2.62. The van der Waals surface area contributed by atoms with Gasteiger partial charge in [0, 0.05) is 11.1 Å². The van der Waals surface area contributed by atoms with Gasteiger partial charge in [-0.15, -0.1) is 0 Å². The molecule has 2 aliphatic rings. The van der Waals surface area contributed by atoms with Gasteiger partial charge < -0.3 is 10.2 Å². The molecule has 2 rings (SSSR count). The highest BCUT2D eigenvalue weighted by Crippen LogP contribution is 2.32. The molecule has 0 atom stereocenters. The number of halogens is 2. The van der Waals surface area contributed by atoms with Crippen molar-refractivity contribution in [2.24, 2.45) is 0 Å². The Morgan fingerprint density at radius 1 is 1.14 bits per heavy atom. The van der Waals surface area contributed by atoms with Crippen LogP contribution in [0, 0.1) is 0 Å². The molecule has 0 saturated carbocycles. The molecule has 0 bridgehead atoms. The van der Waals surface area contributed by atoms with E-state index in [-0.39, 0.29) is 0 Å². The zero-order valence-electron chi connectivity index (χ0n) is 7.02. The number of hydrogen-bond acceptors (Lipinski definition) is 1. The monoisotopic (exact) mass is 234 g/mol. The summed E-state index contributed by atoms with van der Waals surface area (Å²) in [4.78, 5) is 8.56. The predicted octanol–water partition coefficient (Wildman–Crippen LogP) is 3.82. The van der Waals surface area contributed by atoms with E-state index in [1.807, 2.05) is 0 Å². The number of carbonyl (C=O) groups is 1. The van der Waals surface area contributed by atoms with Gasteiger partial charge in [-0.3, -0.25) is 0 Å². The van der Waals surface area contributed by atoms with Gasteiger partial charge in [0.15, 0.2) is 0 Å². The van der Waals surface area contributed by atoms with E-state index >= 15 is 0 Å². The Bertz CT molecular complexity index is 298. The first kappa shape index (κ1) is 12.8. The highest BCUT2D eigenvalue weighted by Gasteiger charge is 2.06. The van der Waals surface area contributed by atoms with Gasteiger partial charge >= 0.3 is 6.16 Å². The van der Waals surface area contributed by atoms with Crippen molar-refractivity contribution in [3.63, 3.8) is 0 Å². The Balaban J connectivity index is 0.000000192. The zero-order chi connectivity index (χ0) is 11.0. The molecule has 0 aromatic heterocycles. The molecule has 0 aliphatic heterocycles. The van der Waals surface area contributed by atoms with Crippen LogP contribution in [0.4, 0.5) is 4.79 Å². The first-order chi connectivity index (χ1) is 6.61. The fraction of sp³-hybridized carbons (Fsp3) is 0. The van der Waals surface area contributed by atoms with Crippen molar-refractivity contribution in [2.75, 3.05) is 0 Å². The third-order valence-corrected chi connectivity index (χ3v) is 1.54. The van der Waals surface area contributed by atoms with Crippen LogP contribution in [0.5, 0.6) is 0 Å². The van der Waals surface area contributed by atoms with Gasteiger partial charge in [0.2, 0.25) is 0 Å². The molecular formula is C9H8Cl2O3. The van der Waals surface area contributed by atoms with E-state index in [9.17, 15) is 0 Å². The summed E-state index contributed by atoms with van der Waals surface area (Å²) in [6, 6.07) is 8.48. The molecule has 0 aromatic carbocycles. The maximum absolute atomic E-state index is 8.56. The average molecular weight is 235 g/mol. The SMILES string of the molecule is ClC=CCl.O=C(O)O.c1cc2cc-2c1. The molecule has 2 N–H and O–H groups in total. The molecule has 0 spiro atoms. The van der Waals surface area contributed by atoms with Crippen LogP contribution in [0.1, 0.15) is 0 Å². The first-order valence-corrected chi connectivity index (χ1v) is 4.37. The minimum Gasteiger partial charge on any atom is -0.450 e. The third-order valence-electron chi connectivity index (χ3n) is 1.16. The van der Waals surface area contributed by atoms with Crippen LogP contribution in [-0.4, -0.2) is 16.4 Å². The standard InChI is InChI=1S/C6H4.C2H2Cl2.CH2O3/c1-2-5-4-6(5)3-1;3-1-2-4;2-1(3)4/h1-4H;1-2H;(H2,2,3,4). The summed E-state index contributed by atoms with van der Waals surface area (Å²) in [6.07, 6.45) is -1.83. The van der Waals surface area contributed by atoms with Crippen molar-refractivity contribution >= 4 is 29.4 Å². The summed E-state index contributed by atoms with van der Waals surface area (Å²) in [5.41, 5.74) is 5.33. The Morgan fingerprint density at radius 2 is 1.50 bits per heavy atom. The molecule has 3 nitrogen and oxygen atoms in total. The van der Waals surface area contributed by atoms with Crippen molar-refractivity contribution in [2.45, 2.75) is 0 Å². The number of fused-ring (bicyclic) bond motifs is 1. The lowest BCUT2D eigenvalue weighted by atomic mass is 10.6. The maximum Gasteiger partial charge on any atom is 0.503 e. The molecule has 0 heterocycles. The second-order valence-electron chi connectivity index (χ2n) is 2.12. The molecule has 2 aliphatic carbocycles. The van der Waals surface area contributed by atoms with Crippen molar-refractivity contribution in [1.29, 1.82) is 0 Å². The van der Waals surface area contributed by atoms with E-state index in [0.717, 1.165) is 0 Å². The second kappa shape index (κ2) is 7.24. The molecule has 0 radical (unpaired) electrons. The molecule has 0 fully saturated rings. The summed E-state index contributed by atoms with van der Waals surface area (Å²) in [6.45, 7) is 0. The normalized spacial score (nSPS) is 9.29. The molecule has 76 valence electrons. The average Bonchev–Trinajstić information content (AvgIpc) is 2.74. The fourth-order valence-electron chi connectivity index (χ4n) is 0.676. The summed E-state index contributed by atoms with van der Waals surface area (Å²) >= 11 is 9.75. The third kappa shape index (κ3) is 7.46. The molecule has 14 heavy (non-hydrogen) atoms. The van der Waals surface area contributed by atoms with Crippen LogP contribution >= 0.6 is 23.2 Å². The van der Waals surface area contributed by atoms with E-state index in [4.69, 9.17) is 38.2 Å². The Kier molecular flexibility index (Phi) is 6.62. The number of carboxylic acid groups (broad SMARTS) is 2. The maximum atomic E-state index is 8.56. The van der Waals surface area contributed by atoms with Gasteiger partial charge in [0.05, 0.1) is 0 Å². The van der Waals surface area contributed by atoms with Crippen LogP contribution in [0.3, 0.4) is 0 Å². The van der Waals surface area contributed by atoms with E-state index in [1.54, 1.807) is 0 Å². The van der Waals surface area contributed by atoms with Gasteiger partial charge in [0.1, 0.15) is 0 Å². The number of rotatable bonds is 0. The largest absolute Gasteiger partial charge is 0.503 e. The fourth-order valence-corrected chi connectivity index (χ4v) is 0.676. The van der Waals surface area contributed by atoms with Crippen molar-refractivity contribution in [1.82, 2.24) is 0 Å². The number of hydrogen-bond donors (Lipinski definition) is 2. The lowest BCUT2D eigenvalue weighted by Gasteiger charge is -1.60. The molecule has 0 saturated heterocycles. The Morgan fingerprint density at radius 3 is 1.57 bits per heavy atom. The molecular weight excluding hydrogens is 227 g/mol. The van der Waals surface area contributed by atoms with E-state index in [0.29, 0.717) is 0 Å². The first-order valence-electron chi connectivity index (χ1n) is 3.49. The van der Waals surface area contributed by atoms with Crippen LogP contribution in [-0.2, 0) is 0 Å². The lowest BCUT2D eigenvalue weighted by Crippen LogP contribution is -1.81. The van der Waals surface area contributed by atoms with E-state index in [1.165, 1.54) is 22.2 Å². The van der Waals surface area contributed by atoms with Crippen LogP contribution in [0.25, 0.3) is 11.1 Å². The Labute approximate surface area is 91.2 Å². The highest BCUT2D eigenvalue weighted by atomic mass is 35.5. The zero-order valence-corrected chi connectivity index (χ0v) is 8.53. The highest BCUT2D eigenvalue weighted by molar-refractivity contribution is 6.33. The van der Waals surface area contributed by atoms with E-state index in [2.05, 4.69) is 24.3 Å². The molecule has 0 amide bonds. The summed E-state index contributed by atoms with van der Waals surface area (Å²) in [5, 5.41) is 13.9. The van der Waals surface area contributed by atoms with Crippen molar-refractivity contribution < 1.29 is 15.0 Å². The summed E-state index contributed by atoms with van der Waals surface area (Å²) in [7, 11) is 0. The quantitative estimate of drug-likeness (QED) is 0.729. The van der Waals surface area contributed by atoms with Crippen molar-refractivity contribution in [3.05, 3.63) is 35.3 Å². The Hall–Kier alpha value is -1.19. The van der Waals surface area contributed by atoms with Gasteiger partial charge in [-0.05, 0) is 17.2 Å². The van der Waals surface area contributed by atoms with Gasteiger partial charge in [-0.1, -0.05) is 41.4 Å². The predicted molar refractivity (Wildman–Crippen MR) is 56.9 cm³/mol. The van der Waals surface area contributed by atoms with Gasteiger partial charge in [-0.25, -0.2) is 4.79 Å². The minimum absolute atomic E-state index is 1.24. The van der Waals surface area contributed by atoms with E-state index < -0.39 is 6.16 Å². The summed E-state index contributed by atoms with van der Waals surface area (Å²) < 4.78 is 0. The topological polar surface area (TPSA) is 57.5 Å². The summed E-state index contributed by atoms with van der Waals surface area (Å²) in [5.74, 6) is 0. The lowest BCUT2D eigenvalue weighted by molar-refractivity contribution is 0.137. The van der Waals surface area contributed by atoms with Crippen LogP contribution < -0.4 is 0 Å². The minimum atomic E-state index is -1.83. The van der Waals surface area contributed by atoms with Crippen LogP contribution in [0.2, 0.25) is 0 Å². The van der Waals surface area contributed by atoms with Gasteiger partial charge in [0.25, 0.3) is 0 Å². The van der Waals surface area contributed by atoms with Crippen LogP contribution in [0.15, 0.2) is 35.3 Å². The number of benzene rings is 1. The molecule has 0 aromatic rings. The molecule has 0 unspecified atom stereocenters. The van der Waals surface area contributed by atoms with Crippen molar-refractivity contribution in [3.8, 4) is 11.1 Å².